The average molecular weight is 452 g/mol. The Morgan fingerprint density at radius 2 is 1.52 bits per heavy atom. The van der Waals surface area contributed by atoms with E-state index in [4.69, 9.17) is 41.9 Å². The predicted octanol–water partition coefficient (Wildman–Crippen LogP) is -5.61. The summed E-state index contributed by atoms with van der Waals surface area (Å²) in [6.45, 7) is -0.695. The Hall–Kier alpha value is -1.14. The second-order valence-corrected chi connectivity index (χ2v) is 7.98. The zero-order chi connectivity index (χ0) is 23.0. The molecule has 0 saturated carbocycles. The van der Waals surface area contributed by atoms with Crippen LogP contribution in [0.4, 0.5) is 0 Å². The summed E-state index contributed by atoms with van der Waals surface area (Å²) in [6.07, 6.45) is -12.9. The van der Waals surface area contributed by atoms with Crippen molar-refractivity contribution in [3.63, 3.8) is 0 Å². The van der Waals surface area contributed by atoms with Crippen molar-refractivity contribution < 1.29 is 49.6 Å². The topological polar surface area (TPSA) is 262 Å². The molecule has 0 aromatic heterocycles. The lowest BCUT2D eigenvalue weighted by molar-refractivity contribution is -0.293. The van der Waals surface area contributed by atoms with Gasteiger partial charge in [-0.2, -0.15) is 0 Å². The first-order valence-corrected chi connectivity index (χ1v) is 9.94. The highest BCUT2D eigenvalue weighted by Crippen LogP contribution is 2.32. The standard InChI is InChI=1S/C17H32N4O10/c18-2-6-10(24)12(26)8(21)16(28-6)30-14-5(20)1-4(19)9(23)15(14)31-17-13(27)11(25)7(3-22)29-17/h5-8,10-17,22-27H,1-3,18-21H2/t5?,6?,7-,8?,10-,11?,12?,13+,14-,15?,16-,17+/m1/s1. The first-order valence-electron chi connectivity index (χ1n) is 9.94. The highest BCUT2D eigenvalue weighted by atomic mass is 16.7. The van der Waals surface area contributed by atoms with Gasteiger partial charge in [0.2, 0.25) is 0 Å². The summed E-state index contributed by atoms with van der Waals surface area (Å²) in [7, 11) is 0. The molecule has 14 N–H and O–H groups in total. The number of aliphatic hydroxyl groups excluding tert-OH is 6. The molecule has 0 bridgehead atoms. The highest BCUT2D eigenvalue weighted by Gasteiger charge is 2.50. The van der Waals surface area contributed by atoms with Crippen LogP contribution in [0.3, 0.4) is 0 Å². The fourth-order valence-electron chi connectivity index (χ4n) is 3.90. The largest absolute Gasteiger partial charge is 0.508 e. The summed E-state index contributed by atoms with van der Waals surface area (Å²) < 4.78 is 22.3. The van der Waals surface area contributed by atoms with E-state index in [1.165, 1.54) is 0 Å². The molecule has 0 aromatic carbocycles. The summed E-state index contributed by atoms with van der Waals surface area (Å²) in [4.78, 5) is 0. The molecule has 14 nitrogen and oxygen atoms in total. The minimum absolute atomic E-state index is 0.0215. The first kappa shape index (κ1) is 24.5. The van der Waals surface area contributed by atoms with Crippen molar-refractivity contribution in [1.82, 2.24) is 0 Å². The van der Waals surface area contributed by atoms with E-state index in [9.17, 15) is 30.6 Å². The first-order chi connectivity index (χ1) is 14.6. The van der Waals surface area contributed by atoms with E-state index in [2.05, 4.69) is 0 Å². The van der Waals surface area contributed by atoms with Gasteiger partial charge in [0.05, 0.1) is 18.3 Å². The molecule has 2 aliphatic heterocycles. The van der Waals surface area contributed by atoms with Gasteiger partial charge in [-0.25, -0.2) is 0 Å². The third-order valence-electron chi connectivity index (χ3n) is 5.83. The summed E-state index contributed by atoms with van der Waals surface area (Å²) >= 11 is 0. The van der Waals surface area contributed by atoms with Crippen LogP contribution in [0.1, 0.15) is 6.42 Å². The van der Waals surface area contributed by atoms with Gasteiger partial charge in [0.25, 0.3) is 0 Å². The number of nitrogens with two attached hydrogens (primary N) is 4. The third-order valence-corrected chi connectivity index (χ3v) is 5.83. The molecular formula is C17H32N4O10. The molecule has 3 rings (SSSR count). The normalized spacial score (nSPS) is 48.9. The van der Waals surface area contributed by atoms with Gasteiger partial charge in [0.1, 0.15) is 54.6 Å². The quantitative estimate of drug-likeness (QED) is 0.180. The molecule has 2 fully saturated rings. The van der Waals surface area contributed by atoms with Gasteiger partial charge in [-0.3, -0.25) is 0 Å². The monoisotopic (exact) mass is 452 g/mol. The van der Waals surface area contributed by atoms with Gasteiger partial charge in [0, 0.05) is 19.0 Å². The van der Waals surface area contributed by atoms with E-state index >= 15 is 0 Å². The molecule has 0 radical (unpaired) electrons. The van der Waals surface area contributed by atoms with Crippen molar-refractivity contribution in [3.8, 4) is 0 Å². The van der Waals surface area contributed by atoms with Crippen molar-refractivity contribution in [2.45, 2.75) is 79.9 Å². The molecule has 12 atom stereocenters. The number of hydrogen-bond acceptors (Lipinski definition) is 14. The molecule has 3 aliphatic rings. The van der Waals surface area contributed by atoms with Crippen molar-refractivity contribution in [2.75, 3.05) is 13.2 Å². The maximum atomic E-state index is 10.5. The van der Waals surface area contributed by atoms with Crippen molar-refractivity contribution in [1.29, 1.82) is 0 Å². The zero-order valence-electron chi connectivity index (χ0n) is 16.7. The molecule has 2 saturated heterocycles. The summed E-state index contributed by atoms with van der Waals surface area (Å²) in [6, 6.07) is -2.00. The van der Waals surface area contributed by atoms with Crippen LogP contribution in [-0.4, -0.2) is 117 Å². The summed E-state index contributed by atoms with van der Waals surface area (Å²) in [5, 5.41) is 60.0. The Morgan fingerprint density at radius 3 is 2.10 bits per heavy atom. The maximum absolute atomic E-state index is 10.5. The van der Waals surface area contributed by atoms with Gasteiger partial charge in [-0.1, -0.05) is 0 Å². The van der Waals surface area contributed by atoms with Crippen LogP contribution in [0, 0.1) is 0 Å². The predicted molar refractivity (Wildman–Crippen MR) is 102 cm³/mol. The average Bonchev–Trinajstić information content (AvgIpc) is 3.02. The molecule has 0 aromatic rings. The summed E-state index contributed by atoms with van der Waals surface area (Å²) in [5.74, 6) is -0.426. The van der Waals surface area contributed by atoms with Crippen LogP contribution >= 0.6 is 0 Å². The van der Waals surface area contributed by atoms with E-state index in [1.54, 1.807) is 0 Å². The Labute approximate surface area is 177 Å². The Morgan fingerprint density at radius 1 is 0.903 bits per heavy atom. The number of aliphatic hydroxyl groups is 6. The highest BCUT2D eigenvalue weighted by molar-refractivity contribution is 5.19. The molecule has 6 unspecified atom stereocenters. The fraction of sp³-hybridized carbons (Fsp3) is 0.882. The van der Waals surface area contributed by atoms with Gasteiger partial charge < -0.3 is 72.5 Å². The van der Waals surface area contributed by atoms with E-state index in [1.807, 2.05) is 0 Å². The lowest BCUT2D eigenvalue weighted by Gasteiger charge is -2.44. The van der Waals surface area contributed by atoms with E-state index in [-0.39, 0.29) is 18.7 Å². The van der Waals surface area contributed by atoms with Gasteiger partial charge in [0.15, 0.2) is 12.6 Å². The van der Waals surface area contributed by atoms with Crippen molar-refractivity contribution in [2.24, 2.45) is 22.9 Å². The van der Waals surface area contributed by atoms with Gasteiger partial charge in [-0.15, -0.1) is 0 Å². The third kappa shape index (κ3) is 4.66. The van der Waals surface area contributed by atoms with Crippen LogP contribution in [0.2, 0.25) is 0 Å². The number of rotatable bonds is 6. The minimum atomic E-state index is -1.53. The Kier molecular flexibility index (Phi) is 7.73. The molecule has 180 valence electrons. The number of ether oxygens (including phenoxy) is 4. The van der Waals surface area contributed by atoms with Gasteiger partial charge in [-0.05, 0) is 0 Å². The van der Waals surface area contributed by atoms with Crippen molar-refractivity contribution in [3.05, 3.63) is 11.5 Å². The van der Waals surface area contributed by atoms with Crippen LogP contribution in [0.25, 0.3) is 0 Å². The van der Waals surface area contributed by atoms with E-state index in [0.29, 0.717) is 0 Å². The second-order valence-electron chi connectivity index (χ2n) is 7.98. The molecule has 0 spiro atoms. The van der Waals surface area contributed by atoms with Crippen LogP contribution < -0.4 is 22.9 Å². The number of hydrogen-bond donors (Lipinski definition) is 10. The lowest BCUT2D eigenvalue weighted by atomic mass is 9.91. The van der Waals surface area contributed by atoms with Gasteiger partial charge >= 0.3 is 0 Å². The molecule has 1 aliphatic carbocycles. The fourth-order valence-corrected chi connectivity index (χ4v) is 3.90. The molecule has 31 heavy (non-hydrogen) atoms. The molecule has 0 amide bonds. The maximum Gasteiger partial charge on any atom is 0.187 e. The smallest absolute Gasteiger partial charge is 0.187 e. The van der Waals surface area contributed by atoms with Crippen LogP contribution in [0.15, 0.2) is 11.5 Å². The second kappa shape index (κ2) is 9.78. The minimum Gasteiger partial charge on any atom is -0.508 e. The van der Waals surface area contributed by atoms with Crippen LogP contribution in [-0.2, 0) is 18.9 Å². The van der Waals surface area contributed by atoms with Crippen molar-refractivity contribution >= 4 is 0 Å². The van der Waals surface area contributed by atoms with E-state index in [0.717, 1.165) is 0 Å². The molecular weight excluding hydrogens is 420 g/mol. The molecule has 14 heteroatoms. The Bertz CT molecular complexity index is 654. The summed E-state index contributed by atoms with van der Waals surface area (Å²) in [5.41, 5.74) is 23.5. The van der Waals surface area contributed by atoms with E-state index < -0.39 is 85.9 Å². The SMILES string of the molecule is NCC1O[C@H](O[C@@H]2C(N)CC(N)=C(O)C2O[C@@H]2O[C@H](CO)C(O)[C@@H]2O)C(N)C(O)[C@@H]1O. The molecule has 2 heterocycles. The zero-order valence-corrected chi connectivity index (χ0v) is 16.7. The van der Waals surface area contributed by atoms with Crippen LogP contribution in [0.5, 0.6) is 0 Å². The lowest BCUT2D eigenvalue weighted by Crippen LogP contribution is -2.65. The Balaban J connectivity index is 1.80.